The summed E-state index contributed by atoms with van der Waals surface area (Å²) in [5, 5.41) is 4.52. The lowest BCUT2D eigenvalue weighted by atomic mass is 10.2. The molecule has 0 bridgehead atoms. The van der Waals surface area contributed by atoms with Crippen LogP contribution in [-0.2, 0) is 11.2 Å². The highest BCUT2D eigenvalue weighted by atomic mass is 32.1. The number of rotatable bonds is 5. The number of fused-ring (bicyclic) bond motifs is 1. The van der Waals surface area contributed by atoms with Crippen molar-refractivity contribution in [1.82, 2.24) is 24.5 Å². The standard InChI is InChI=1S/C19H33N7OS/c1-3-17-22-19(28-23-17)25-10-8-24(9-11-25)18(20-4-2)21-12-16-13-26-7-5-6-15(26)14-27-16/h15-16H,3-14H2,1-2H3,(H,20,21). The SMILES string of the molecule is CCNC(=NCC1CN2CCCC2CO1)N1CCN(c2nc(CC)ns2)CC1. The molecule has 28 heavy (non-hydrogen) atoms. The van der Waals surface area contributed by atoms with Gasteiger partial charge in [0, 0.05) is 63.3 Å². The minimum atomic E-state index is 0.221. The van der Waals surface area contributed by atoms with Crippen LogP contribution in [0.1, 0.15) is 32.5 Å². The van der Waals surface area contributed by atoms with Crippen molar-refractivity contribution in [2.45, 2.75) is 45.3 Å². The zero-order valence-electron chi connectivity index (χ0n) is 17.1. The number of guanidine groups is 1. The fourth-order valence-electron chi connectivity index (χ4n) is 4.24. The zero-order valence-corrected chi connectivity index (χ0v) is 18.0. The highest BCUT2D eigenvalue weighted by molar-refractivity contribution is 7.09. The van der Waals surface area contributed by atoms with E-state index in [0.29, 0.717) is 6.04 Å². The molecule has 0 saturated carbocycles. The Labute approximate surface area is 172 Å². The summed E-state index contributed by atoms with van der Waals surface area (Å²) in [6.07, 6.45) is 3.72. The van der Waals surface area contributed by atoms with E-state index in [1.807, 2.05) is 0 Å². The van der Waals surface area contributed by atoms with Gasteiger partial charge in [-0.3, -0.25) is 9.89 Å². The molecule has 0 aromatic carbocycles. The summed E-state index contributed by atoms with van der Waals surface area (Å²) >= 11 is 1.52. The molecule has 0 radical (unpaired) electrons. The van der Waals surface area contributed by atoms with E-state index in [-0.39, 0.29) is 6.10 Å². The van der Waals surface area contributed by atoms with E-state index in [2.05, 4.69) is 43.2 Å². The van der Waals surface area contributed by atoms with Crippen LogP contribution in [-0.4, -0.2) is 96.2 Å². The van der Waals surface area contributed by atoms with E-state index >= 15 is 0 Å². The molecule has 3 saturated heterocycles. The van der Waals surface area contributed by atoms with Crippen molar-refractivity contribution in [3.8, 4) is 0 Å². The topological polar surface area (TPSA) is 69.1 Å². The average molecular weight is 408 g/mol. The van der Waals surface area contributed by atoms with Crippen LogP contribution in [0.3, 0.4) is 0 Å². The summed E-state index contributed by atoms with van der Waals surface area (Å²) in [4.78, 5) is 16.8. The van der Waals surface area contributed by atoms with Crippen LogP contribution in [0.5, 0.6) is 0 Å². The predicted octanol–water partition coefficient (Wildman–Crippen LogP) is 1.05. The molecular weight excluding hydrogens is 374 g/mol. The van der Waals surface area contributed by atoms with E-state index in [0.717, 1.165) is 75.8 Å². The lowest BCUT2D eigenvalue weighted by molar-refractivity contribution is -0.0432. The molecule has 1 aromatic rings. The number of aliphatic imine (C=N–C) groups is 1. The Kier molecular flexibility index (Phi) is 6.64. The lowest BCUT2D eigenvalue weighted by Gasteiger charge is -2.37. The van der Waals surface area contributed by atoms with Crippen molar-refractivity contribution in [3.05, 3.63) is 5.82 Å². The maximum Gasteiger partial charge on any atom is 0.205 e. The molecule has 3 aliphatic rings. The normalized spacial score (nSPS) is 26.6. The molecular formula is C19H33N7OS. The summed E-state index contributed by atoms with van der Waals surface area (Å²) in [5.41, 5.74) is 0. The third kappa shape index (κ3) is 4.58. The van der Waals surface area contributed by atoms with Crippen LogP contribution in [0, 0.1) is 0 Å². The molecule has 3 fully saturated rings. The number of piperazine rings is 1. The molecule has 9 heteroatoms. The summed E-state index contributed by atoms with van der Waals surface area (Å²) in [5.74, 6) is 1.96. The first-order chi connectivity index (χ1) is 13.8. The maximum absolute atomic E-state index is 6.08. The molecule has 3 aliphatic heterocycles. The van der Waals surface area contributed by atoms with E-state index in [1.54, 1.807) is 0 Å². The van der Waals surface area contributed by atoms with Crippen molar-refractivity contribution in [2.75, 3.05) is 63.9 Å². The predicted molar refractivity (Wildman–Crippen MR) is 113 cm³/mol. The Morgan fingerprint density at radius 3 is 2.86 bits per heavy atom. The largest absolute Gasteiger partial charge is 0.373 e. The quantitative estimate of drug-likeness (QED) is 0.578. The van der Waals surface area contributed by atoms with Crippen molar-refractivity contribution in [3.63, 3.8) is 0 Å². The van der Waals surface area contributed by atoms with E-state index in [4.69, 9.17) is 9.73 Å². The van der Waals surface area contributed by atoms with Crippen LogP contribution in [0.2, 0.25) is 0 Å². The number of anilines is 1. The van der Waals surface area contributed by atoms with Gasteiger partial charge in [-0.25, -0.2) is 4.98 Å². The third-order valence-electron chi connectivity index (χ3n) is 5.86. The fraction of sp³-hybridized carbons (Fsp3) is 0.842. The lowest BCUT2D eigenvalue weighted by Crippen LogP contribution is -2.53. The Bertz CT molecular complexity index is 658. The van der Waals surface area contributed by atoms with Gasteiger partial charge in [0.1, 0.15) is 5.82 Å². The molecule has 0 aliphatic carbocycles. The van der Waals surface area contributed by atoms with E-state index in [1.165, 1.54) is 30.9 Å². The van der Waals surface area contributed by atoms with Gasteiger partial charge in [0.15, 0.2) is 5.96 Å². The number of hydrogen-bond acceptors (Lipinski definition) is 7. The number of nitrogens with one attached hydrogen (secondary N) is 1. The number of aryl methyl sites for hydroxylation is 1. The Morgan fingerprint density at radius 2 is 2.11 bits per heavy atom. The molecule has 156 valence electrons. The molecule has 1 N–H and O–H groups in total. The first-order valence-electron chi connectivity index (χ1n) is 10.7. The van der Waals surface area contributed by atoms with Crippen molar-refractivity contribution in [2.24, 2.45) is 4.99 Å². The van der Waals surface area contributed by atoms with Gasteiger partial charge in [-0.1, -0.05) is 6.92 Å². The fourth-order valence-corrected chi connectivity index (χ4v) is 5.04. The Hall–Kier alpha value is -1.45. The molecule has 0 amide bonds. The molecule has 1 aromatic heterocycles. The van der Waals surface area contributed by atoms with Crippen molar-refractivity contribution >= 4 is 22.6 Å². The van der Waals surface area contributed by atoms with Crippen molar-refractivity contribution in [1.29, 1.82) is 0 Å². The van der Waals surface area contributed by atoms with Gasteiger partial charge in [0.25, 0.3) is 0 Å². The van der Waals surface area contributed by atoms with Crippen LogP contribution >= 0.6 is 11.5 Å². The molecule has 2 unspecified atom stereocenters. The van der Waals surface area contributed by atoms with Gasteiger partial charge >= 0.3 is 0 Å². The number of ether oxygens (including phenoxy) is 1. The van der Waals surface area contributed by atoms with Gasteiger partial charge in [-0.05, 0) is 26.3 Å². The summed E-state index contributed by atoms with van der Waals surface area (Å²) in [7, 11) is 0. The number of morpholine rings is 1. The van der Waals surface area contributed by atoms with Crippen molar-refractivity contribution < 1.29 is 4.74 Å². The van der Waals surface area contributed by atoms with Gasteiger partial charge in [-0.15, -0.1) is 0 Å². The summed E-state index contributed by atoms with van der Waals surface area (Å²) < 4.78 is 10.5. The molecule has 4 heterocycles. The Balaban J connectivity index is 1.31. The summed E-state index contributed by atoms with van der Waals surface area (Å²) in [6.45, 7) is 12.8. The van der Waals surface area contributed by atoms with E-state index in [9.17, 15) is 0 Å². The number of hydrogen-bond donors (Lipinski definition) is 1. The number of aromatic nitrogens is 2. The first-order valence-corrected chi connectivity index (χ1v) is 11.5. The van der Waals surface area contributed by atoms with Gasteiger partial charge in [0.05, 0.1) is 19.3 Å². The second-order valence-corrected chi connectivity index (χ2v) is 8.49. The minimum Gasteiger partial charge on any atom is -0.373 e. The second-order valence-electron chi connectivity index (χ2n) is 7.76. The molecule has 2 atom stereocenters. The monoisotopic (exact) mass is 407 g/mol. The highest BCUT2D eigenvalue weighted by Gasteiger charge is 2.32. The zero-order chi connectivity index (χ0) is 19.3. The van der Waals surface area contributed by atoms with Crippen LogP contribution in [0.4, 0.5) is 5.13 Å². The maximum atomic E-state index is 6.08. The van der Waals surface area contributed by atoms with Gasteiger partial charge in [-0.2, -0.15) is 4.37 Å². The second kappa shape index (κ2) is 9.37. The van der Waals surface area contributed by atoms with Crippen LogP contribution in [0.15, 0.2) is 4.99 Å². The molecule has 0 spiro atoms. The molecule has 4 rings (SSSR count). The average Bonchev–Trinajstić information content (AvgIpc) is 3.40. The first kappa shape index (κ1) is 19.8. The van der Waals surface area contributed by atoms with E-state index < -0.39 is 0 Å². The molecule has 8 nitrogen and oxygen atoms in total. The number of nitrogens with zero attached hydrogens (tertiary/aromatic N) is 6. The van der Waals surface area contributed by atoms with Crippen LogP contribution in [0.25, 0.3) is 0 Å². The summed E-state index contributed by atoms with van der Waals surface area (Å²) in [6, 6.07) is 0.648. The highest BCUT2D eigenvalue weighted by Crippen LogP contribution is 2.23. The van der Waals surface area contributed by atoms with Gasteiger partial charge in [0.2, 0.25) is 5.13 Å². The Morgan fingerprint density at radius 1 is 1.25 bits per heavy atom. The third-order valence-corrected chi connectivity index (χ3v) is 6.68. The minimum absolute atomic E-state index is 0.221. The smallest absolute Gasteiger partial charge is 0.205 e. The van der Waals surface area contributed by atoms with Crippen LogP contribution < -0.4 is 10.2 Å². The van der Waals surface area contributed by atoms with Gasteiger partial charge < -0.3 is 19.9 Å².